The minimum absolute atomic E-state index is 0.124. The average Bonchev–Trinajstić information content (AvgIpc) is 2.77. The van der Waals surface area contributed by atoms with Crippen molar-refractivity contribution >= 4 is 15.5 Å². The van der Waals surface area contributed by atoms with Crippen molar-refractivity contribution in [2.75, 3.05) is 32.1 Å². The lowest BCUT2D eigenvalue weighted by molar-refractivity contribution is 0.345. The van der Waals surface area contributed by atoms with Crippen molar-refractivity contribution in [3.63, 3.8) is 0 Å². The SMILES string of the molecule is CN1CC[C@@H]2c3cc(S(=O)(=O)c4ccc(F)c(F)c4)ccc3N(C)[C@H]2CC1. The van der Waals surface area contributed by atoms with Gasteiger partial charge in [-0.1, -0.05) is 0 Å². The summed E-state index contributed by atoms with van der Waals surface area (Å²) in [5, 5.41) is 0. The molecule has 27 heavy (non-hydrogen) atoms. The van der Waals surface area contributed by atoms with Crippen LogP contribution in [-0.2, 0) is 9.84 Å². The van der Waals surface area contributed by atoms with Crippen LogP contribution in [0.3, 0.4) is 0 Å². The summed E-state index contributed by atoms with van der Waals surface area (Å²) in [6.45, 7) is 1.98. The standard InChI is InChI=1S/C20H22F2N2O2S/c1-23-9-7-15-16-11-13(4-6-19(16)24(2)20(15)8-10-23)27(25,26)14-3-5-17(21)18(22)12-14/h3-6,11-12,15,20H,7-10H2,1-2H3/t15-,20+/m1/s1. The van der Waals surface area contributed by atoms with E-state index in [-0.39, 0.29) is 15.7 Å². The van der Waals surface area contributed by atoms with E-state index in [0.29, 0.717) is 6.04 Å². The van der Waals surface area contributed by atoms with E-state index in [1.807, 2.05) is 6.07 Å². The molecule has 0 amide bonds. The van der Waals surface area contributed by atoms with Gasteiger partial charge in [0.05, 0.1) is 9.79 Å². The van der Waals surface area contributed by atoms with Gasteiger partial charge in [-0.25, -0.2) is 17.2 Å². The van der Waals surface area contributed by atoms with Crippen LogP contribution in [0.15, 0.2) is 46.2 Å². The minimum atomic E-state index is -3.91. The van der Waals surface area contributed by atoms with E-state index in [1.54, 1.807) is 12.1 Å². The number of anilines is 1. The molecule has 0 N–H and O–H groups in total. The van der Waals surface area contributed by atoms with Crippen LogP contribution in [0, 0.1) is 11.6 Å². The number of halogens is 2. The summed E-state index contributed by atoms with van der Waals surface area (Å²) in [4.78, 5) is 4.43. The van der Waals surface area contributed by atoms with Crippen LogP contribution in [0.5, 0.6) is 0 Å². The number of likely N-dealkylation sites (N-methyl/N-ethyl adjacent to an activating group) is 1. The molecular weight excluding hydrogens is 370 g/mol. The highest BCUT2D eigenvalue weighted by atomic mass is 32.2. The number of sulfone groups is 1. The van der Waals surface area contributed by atoms with Gasteiger partial charge in [0, 0.05) is 24.7 Å². The van der Waals surface area contributed by atoms with Gasteiger partial charge in [0.25, 0.3) is 0 Å². The molecule has 4 rings (SSSR count). The first kappa shape index (κ1) is 18.4. The van der Waals surface area contributed by atoms with Gasteiger partial charge in [0.1, 0.15) is 0 Å². The summed E-state index contributed by atoms with van der Waals surface area (Å²) in [6, 6.07) is 8.17. The van der Waals surface area contributed by atoms with Crippen molar-refractivity contribution in [1.29, 1.82) is 0 Å². The summed E-state index contributed by atoms with van der Waals surface area (Å²) in [5.41, 5.74) is 2.08. The highest BCUT2D eigenvalue weighted by Crippen LogP contribution is 2.45. The van der Waals surface area contributed by atoms with Crippen molar-refractivity contribution in [2.45, 2.75) is 34.6 Å². The van der Waals surface area contributed by atoms with Crippen molar-refractivity contribution in [2.24, 2.45) is 0 Å². The van der Waals surface area contributed by atoms with Crippen LogP contribution < -0.4 is 4.90 Å². The lowest BCUT2D eigenvalue weighted by Gasteiger charge is -2.25. The second kappa shape index (κ2) is 6.56. The van der Waals surface area contributed by atoms with Crippen molar-refractivity contribution in [3.8, 4) is 0 Å². The Hall–Kier alpha value is -1.99. The smallest absolute Gasteiger partial charge is 0.206 e. The van der Waals surface area contributed by atoms with E-state index in [0.717, 1.165) is 55.4 Å². The van der Waals surface area contributed by atoms with E-state index in [4.69, 9.17) is 0 Å². The Morgan fingerprint density at radius 1 is 0.926 bits per heavy atom. The molecule has 0 radical (unpaired) electrons. The summed E-state index contributed by atoms with van der Waals surface area (Å²) in [6.07, 6.45) is 1.99. The fourth-order valence-electron chi connectivity index (χ4n) is 4.32. The van der Waals surface area contributed by atoms with Gasteiger partial charge in [-0.15, -0.1) is 0 Å². The predicted octanol–water partition coefficient (Wildman–Crippen LogP) is 3.43. The molecule has 144 valence electrons. The highest BCUT2D eigenvalue weighted by molar-refractivity contribution is 7.91. The third-order valence-electron chi connectivity index (χ3n) is 5.88. The van der Waals surface area contributed by atoms with Gasteiger partial charge in [-0.05, 0) is 74.9 Å². The van der Waals surface area contributed by atoms with Crippen molar-refractivity contribution in [3.05, 3.63) is 53.6 Å². The lowest BCUT2D eigenvalue weighted by atomic mass is 9.91. The molecule has 0 spiro atoms. The topological polar surface area (TPSA) is 40.6 Å². The molecule has 2 aliphatic heterocycles. The van der Waals surface area contributed by atoms with E-state index < -0.39 is 21.5 Å². The molecule has 0 aliphatic carbocycles. The maximum atomic E-state index is 13.5. The second-order valence-electron chi connectivity index (χ2n) is 7.47. The molecule has 1 saturated heterocycles. The molecule has 1 fully saturated rings. The maximum absolute atomic E-state index is 13.5. The first-order valence-corrected chi connectivity index (χ1v) is 10.5. The Labute approximate surface area is 158 Å². The largest absolute Gasteiger partial charge is 0.371 e. The van der Waals surface area contributed by atoms with Crippen LogP contribution in [0.2, 0.25) is 0 Å². The number of fused-ring (bicyclic) bond motifs is 3. The molecule has 4 nitrogen and oxygen atoms in total. The van der Waals surface area contributed by atoms with Crippen LogP contribution in [-0.4, -0.2) is 46.5 Å². The van der Waals surface area contributed by atoms with Crippen LogP contribution in [0.1, 0.15) is 24.3 Å². The zero-order chi connectivity index (χ0) is 19.3. The van der Waals surface area contributed by atoms with Crippen molar-refractivity contribution in [1.82, 2.24) is 4.90 Å². The zero-order valence-corrected chi connectivity index (χ0v) is 16.1. The van der Waals surface area contributed by atoms with Crippen molar-refractivity contribution < 1.29 is 17.2 Å². The van der Waals surface area contributed by atoms with Gasteiger partial charge >= 0.3 is 0 Å². The Kier molecular flexibility index (Phi) is 4.47. The molecule has 2 aromatic carbocycles. The van der Waals surface area contributed by atoms with Gasteiger partial charge in [-0.3, -0.25) is 0 Å². The molecule has 0 bridgehead atoms. The molecular formula is C20H22F2N2O2S. The van der Waals surface area contributed by atoms with E-state index in [2.05, 4.69) is 23.9 Å². The lowest BCUT2D eigenvalue weighted by Crippen LogP contribution is -2.31. The normalized spacial score (nSPS) is 23.0. The molecule has 2 aliphatic rings. The molecule has 2 atom stereocenters. The number of likely N-dealkylation sites (tertiary alicyclic amines) is 1. The Morgan fingerprint density at radius 3 is 2.33 bits per heavy atom. The maximum Gasteiger partial charge on any atom is 0.206 e. The average molecular weight is 392 g/mol. The quantitative estimate of drug-likeness (QED) is 0.735. The number of hydrogen-bond acceptors (Lipinski definition) is 4. The summed E-state index contributed by atoms with van der Waals surface area (Å²) >= 11 is 0. The molecule has 2 aromatic rings. The number of benzene rings is 2. The number of rotatable bonds is 2. The Morgan fingerprint density at radius 2 is 1.59 bits per heavy atom. The first-order valence-electron chi connectivity index (χ1n) is 9.04. The monoisotopic (exact) mass is 392 g/mol. The van der Waals surface area contributed by atoms with Gasteiger partial charge in [-0.2, -0.15) is 0 Å². The van der Waals surface area contributed by atoms with Crippen LogP contribution >= 0.6 is 0 Å². The predicted molar refractivity (Wildman–Crippen MR) is 99.9 cm³/mol. The van der Waals surface area contributed by atoms with Gasteiger partial charge < -0.3 is 9.80 Å². The number of nitrogens with zero attached hydrogens (tertiary/aromatic N) is 2. The third kappa shape index (κ3) is 3.02. The fourth-order valence-corrected chi connectivity index (χ4v) is 5.63. The van der Waals surface area contributed by atoms with E-state index in [9.17, 15) is 17.2 Å². The van der Waals surface area contributed by atoms with Crippen LogP contribution in [0.25, 0.3) is 0 Å². The minimum Gasteiger partial charge on any atom is -0.371 e. The summed E-state index contributed by atoms with van der Waals surface area (Å²) < 4.78 is 52.6. The van der Waals surface area contributed by atoms with Crippen LogP contribution in [0.4, 0.5) is 14.5 Å². The zero-order valence-electron chi connectivity index (χ0n) is 15.3. The molecule has 7 heteroatoms. The molecule has 0 unspecified atom stereocenters. The summed E-state index contributed by atoms with van der Waals surface area (Å²) in [5.74, 6) is -1.95. The van der Waals surface area contributed by atoms with Gasteiger partial charge in [0.2, 0.25) is 9.84 Å². The Bertz CT molecular complexity index is 993. The van der Waals surface area contributed by atoms with E-state index >= 15 is 0 Å². The fraction of sp³-hybridized carbons (Fsp3) is 0.400. The number of hydrogen-bond donors (Lipinski definition) is 0. The van der Waals surface area contributed by atoms with E-state index in [1.165, 1.54) is 0 Å². The van der Waals surface area contributed by atoms with Gasteiger partial charge in [0.15, 0.2) is 11.6 Å². The highest BCUT2D eigenvalue weighted by Gasteiger charge is 2.38. The second-order valence-corrected chi connectivity index (χ2v) is 9.42. The molecule has 0 aromatic heterocycles. The summed E-state index contributed by atoms with van der Waals surface area (Å²) in [7, 11) is 0.246. The third-order valence-corrected chi connectivity index (χ3v) is 7.63. The molecule has 2 heterocycles. The molecule has 0 saturated carbocycles. The first-order chi connectivity index (χ1) is 12.8. The Balaban J connectivity index is 1.76.